The molecule has 3 aromatic carbocycles. The van der Waals surface area contributed by atoms with Crippen LogP contribution in [0.2, 0.25) is 19.6 Å². The van der Waals surface area contributed by atoms with Gasteiger partial charge in [0.1, 0.15) is 0 Å². The smallest absolute Gasteiger partial charge is 0.0767 e. The van der Waals surface area contributed by atoms with Crippen LogP contribution in [0.25, 0.3) is 22.5 Å². The molecule has 0 aliphatic carbocycles. The summed E-state index contributed by atoms with van der Waals surface area (Å²) < 4.78 is 0. The molecule has 2 aromatic heterocycles. The van der Waals surface area contributed by atoms with Gasteiger partial charge >= 0.3 is 0 Å². The Kier molecular flexibility index (Phi) is 11.8. The minimum Gasteiger partial charge on any atom is -0.305 e. The van der Waals surface area contributed by atoms with E-state index in [1.807, 2.05) is 36.7 Å². The fourth-order valence-corrected chi connectivity index (χ4v) is 6.24. The number of benzene rings is 3. The van der Waals surface area contributed by atoms with Gasteiger partial charge in [0.05, 0.1) is 8.07 Å². The Labute approximate surface area is 280 Å². The van der Waals surface area contributed by atoms with Gasteiger partial charge in [-0.25, -0.2) is 0 Å². The average molecular weight is 775 g/mol. The molecule has 5 rings (SSSR count). The van der Waals surface area contributed by atoms with Crippen molar-refractivity contribution < 1.29 is 20.1 Å². The van der Waals surface area contributed by atoms with E-state index in [-0.39, 0.29) is 25.5 Å². The molecule has 231 valence electrons. The Morgan fingerprint density at radius 3 is 1.98 bits per heavy atom. The predicted octanol–water partition coefficient (Wildman–Crippen LogP) is 9.86. The zero-order valence-electron chi connectivity index (χ0n) is 27.7. The van der Waals surface area contributed by atoms with Crippen molar-refractivity contribution in [3.8, 4) is 22.5 Å². The normalized spacial score (nSPS) is 11.7. The molecule has 4 heteroatoms. The van der Waals surface area contributed by atoms with E-state index in [2.05, 4.69) is 150 Å². The topological polar surface area (TPSA) is 25.8 Å². The molecule has 0 amide bonds. The first kappa shape index (κ1) is 35.3. The third-order valence-corrected chi connectivity index (χ3v) is 9.88. The molecule has 0 saturated heterocycles. The molecule has 2 heterocycles. The minimum absolute atomic E-state index is 0. The second-order valence-electron chi connectivity index (χ2n) is 14.2. The Morgan fingerprint density at radius 2 is 1.34 bits per heavy atom. The van der Waals surface area contributed by atoms with E-state index in [0.717, 1.165) is 28.9 Å². The molecule has 2 nitrogen and oxygen atoms in total. The summed E-state index contributed by atoms with van der Waals surface area (Å²) >= 11 is 0. The summed E-state index contributed by atoms with van der Waals surface area (Å²) in [5.74, 6) is 0. The molecule has 1 radical (unpaired) electrons. The first-order valence-corrected chi connectivity index (χ1v) is 18.7. The summed E-state index contributed by atoms with van der Waals surface area (Å²) in [5, 5.41) is 1.43. The van der Waals surface area contributed by atoms with Gasteiger partial charge in [0.2, 0.25) is 0 Å². The summed E-state index contributed by atoms with van der Waals surface area (Å²) in [6.45, 7) is 20.6. The molecular weight excluding hydrogens is 729 g/mol. The zero-order valence-corrected chi connectivity index (χ0v) is 31.1. The number of nitrogens with zero attached hydrogens (tertiary/aromatic N) is 2. The van der Waals surface area contributed by atoms with Gasteiger partial charge in [-0.05, 0) is 52.8 Å². The molecule has 0 aliphatic rings. The van der Waals surface area contributed by atoms with Crippen molar-refractivity contribution >= 4 is 13.3 Å². The van der Waals surface area contributed by atoms with Gasteiger partial charge in [-0.1, -0.05) is 107 Å². The molecule has 0 unspecified atom stereocenters. The molecule has 0 saturated carbocycles. The first-order valence-electron chi connectivity index (χ1n) is 15.2. The summed E-state index contributed by atoms with van der Waals surface area (Å²) in [6, 6.07) is 38.3. The maximum Gasteiger partial charge on any atom is 0.0767 e. The largest absolute Gasteiger partial charge is 0.305 e. The van der Waals surface area contributed by atoms with Crippen molar-refractivity contribution in [1.82, 2.24) is 9.97 Å². The Bertz CT molecular complexity index is 1630. The number of aromatic nitrogens is 2. The number of hydrogen-bond acceptors (Lipinski definition) is 2. The number of aryl methyl sites for hydroxylation is 1. The maximum atomic E-state index is 4.61. The van der Waals surface area contributed by atoms with E-state index in [9.17, 15) is 0 Å². The van der Waals surface area contributed by atoms with E-state index in [0.29, 0.717) is 5.41 Å². The van der Waals surface area contributed by atoms with E-state index < -0.39 is 8.07 Å². The quantitative estimate of drug-likeness (QED) is 0.127. The molecule has 0 spiro atoms. The standard InChI is InChI=1S/C23H26NSi.C17H20N.Ir/c1-23(2,19-11-7-6-8-12-19)20-13-9-10-18(16-20)22-17-21(14-15-24-22)25(3,4)5;1-13-12-18-16(14-8-6-5-7-9-14)10-15(13)11-17(2,3)4;/h6-9,11-17H,1-5H3;5-8,10,12H,11H2,1-4H3;/q2*-1;. The number of rotatable bonds is 6. The second kappa shape index (κ2) is 14.7. The molecular formula is C40H46IrN2Si-2. The van der Waals surface area contributed by atoms with Crippen LogP contribution in [0, 0.1) is 24.5 Å². The van der Waals surface area contributed by atoms with Crippen molar-refractivity contribution in [2.75, 3.05) is 0 Å². The van der Waals surface area contributed by atoms with Gasteiger partial charge in [-0.15, -0.1) is 71.3 Å². The fraction of sp³-hybridized carbons (Fsp3) is 0.300. The van der Waals surface area contributed by atoms with E-state index in [1.165, 1.54) is 27.4 Å². The van der Waals surface area contributed by atoms with Crippen molar-refractivity contribution in [1.29, 1.82) is 0 Å². The van der Waals surface area contributed by atoms with Crippen LogP contribution in [0.4, 0.5) is 0 Å². The molecule has 0 aliphatic heterocycles. The van der Waals surface area contributed by atoms with Crippen molar-refractivity contribution in [2.24, 2.45) is 5.41 Å². The molecule has 0 bridgehead atoms. The van der Waals surface area contributed by atoms with E-state index in [4.69, 9.17) is 0 Å². The third-order valence-electron chi connectivity index (χ3n) is 7.84. The molecule has 0 N–H and O–H groups in total. The predicted molar refractivity (Wildman–Crippen MR) is 186 cm³/mol. The van der Waals surface area contributed by atoms with E-state index in [1.54, 1.807) is 0 Å². The number of hydrogen-bond donors (Lipinski definition) is 0. The van der Waals surface area contributed by atoms with Crippen molar-refractivity contribution in [3.05, 3.63) is 138 Å². The van der Waals surface area contributed by atoms with Crippen molar-refractivity contribution in [3.63, 3.8) is 0 Å². The summed E-state index contributed by atoms with van der Waals surface area (Å²) in [4.78, 5) is 9.12. The monoisotopic (exact) mass is 775 g/mol. The SMILES string of the molecule is CC(C)(c1ccccc1)c1cc[c-]c(-c2cc([Si](C)(C)C)ccn2)c1.Cc1cnc(-c2[c-]cccc2)cc1CC(C)(C)C.[Ir]. The average Bonchev–Trinajstić information content (AvgIpc) is 2.98. The van der Waals surface area contributed by atoms with Gasteiger partial charge in [-0.2, -0.15) is 0 Å². The Hall–Kier alpha value is -3.17. The Morgan fingerprint density at radius 1 is 0.682 bits per heavy atom. The molecule has 5 aromatic rings. The van der Waals surface area contributed by atoms with Gasteiger partial charge in [-0.3, -0.25) is 0 Å². The molecule has 0 atom stereocenters. The van der Waals surface area contributed by atoms with Crippen molar-refractivity contribution in [2.45, 2.75) is 73.0 Å². The summed E-state index contributed by atoms with van der Waals surface area (Å²) in [7, 11) is -1.35. The third kappa shape index (κ3) is 9.41. The van der Waals surface area contributed by atoms with Gasteiger partial charge < -0.3 is 9.97 Å². The molecule has 44 heavy (non-hydrogen) atoms. The van der Waals surface area contributed by atoms with Gasteiger partial charge in [0.25, 0.3) is 0 Å². The minimum atomic E-state index is -1.35. The van der Waals surface area contributed by atoms with E-state index >= 15 is 0 Å². The van der Waals surface area contributed by atoms with Crippen LogP contribution in [0.1, 0.15) is 56.9 Å². The second-order valence-corrected chi connectivity index (χ2v) is 19.2. The van der Waals surface area contributed by atoms with Crippen LogP contribution in [0.3, 0.4) is 0 Å². The molecule has 0 fully saturated rings. The van der Waals surface area contributed by atoms with Gasteiger partial charge in [0.15, 0.2) is 0 Å². The summed E-state index contributed by atoms with van der Waals surface area (Å²) in [5.41, 5.74) is 9.66. The van der Waals surface area contributed by atoms with Crippen LogP contribution < -0.4 is 5.19 Å². The van der Waals surface area contributed by atoms with Crippen LogP contribution in [0.5, 0.6) is 0 Å². The zero-order chi connectivity index (χ0) is 31.3. The number of pyridine rings is 2. The van der Waals surface area contributed by atoms with Crippen LogP contribution >= 0.6 is 0 Å². The summed E-state index contributed by atoms with van der Waals surface area (Å²) in [6.07, 6.45) is 4.98. The maximum absolute atomic E-state index is 4.61. The van der Waals surface area contributed by atoms with Crippen LogP contribution in [0.15, 0.2) is 103 Å². The first-order chi connectivity index (χ1) is 20.2. The van der Waals surface area contributed by atoms with Crippen LogP contribution in [-0.2, 0) is 31.9 Å². The van der Waals surface area contributed by atoms with Crippen LogP contribution in [-0.4, -0.2) is 18.0 Å². The Balaban J connectivity index is 0.000000247. The fourth-order valence-electron chi connectivity index (χ4n) is 5.10. The van der Waals surface area contributed by atoms with Gasteiger partial charge in [0, 0.05) is 32.5 Å².